The van der Waals surface area contributed by atoms with E-state index in [-0.39, 0.29) is 6.61 Å². The number of ether oxygens (including phenoxy) is 1. The van der Waals surface area contributed by atoms with Crippen LogP contribution in [0.25, 0.3) is 6.08 Å². The van der Waals surface area contributed by atoms with Crippen molar-refractivity contribution < 1.29 is 9.53 Å². The molecule has 114 valence electrons. The topological polar surface area (TPSA) is 51.2 Å². The average Bonchev–Trinajstić information content (AvgIpc) is 2.54. The van der Waals surface area contributed by atoms with Crippen molar-refractivity contribution in [2.75, 3.05) is 6.54 Å². The van der Waals surface area contributed by atoms with Crippen LogP contribution in [0.15, 0.2) is 54.9 Å². The Balaban J connectivity index is 1.63. The molecule has 1 amide bonds. The van der Waals surface area contributed by atoms with Crippen LogP contribution in [-0.2, 0) is 11.3 Å². The molecule has 0 atom stereocenters. The maximum Gasteiger partial charge on any atom is 0.407 e. The highest BCUT2D eigenvalue weighted by Crippen LogP contribution is 2.04. The number of carbonyl (C=O) groups excluding carboxylic acids is 1. The first-order valence-electron chi connectivity index (χ1n) is 7.27. The van der Waals surface area contributed by atoms with Crippen LogP contribution < -0.4 is 5.32 Å². The molecule has 0 aliphatic carbocycles. The quantitative estimate of drug-likeness (QED) is 0.827. The van der Waals surface area contributed by atoms with Gasteiger partial charge in [-0.1, -0.05) is 42.5 Å². The van der Waals surface area contributed by atoms with Gasteiger partial charge in [0.1, 0.15) is 6.61 Å². The molecule has 0 saturated heterocycles. The zero-order valence-electron chi connectivity index (χ0n) is 12.7. The van der Waals surface area contributed by atoms with Crippen LogP contribution in [0, 0.1) is 6.92 Å². The number of carbonyl (C=O) groups is 1. The SMILES string of the molecule is Cc1cncc(C=CCCNC(=O)OCc2ccccc2)c1. The molecule has 1 N–H and O–H groups in total. The summed E-state index contributed by atoms with van der Waals surface area (Å²) in [6.45, 7) is 2.84. The van der Waals surface area contributed by atoms with Crippen LogP contribution in [0.3, 0.4) is 0 Å². The number of rotatable bonds is 6. The van der Waals surface area contributed by atoms with E-state index in [4.69, 9.17) is 4.74 Å². The fourth-order valence-electron chi connectivity index (χ4n) is 1.92. The molecule has 4 nitrogen and oxygen atoms in total. The number of aromatic nitrogens is 1. The van der Waals surface area contributed by atoms with Crippen LogP contribution in [0.5, 0.6) is 0 Å². The van der Waals surface area contributed by atoms with Gasteiger partial charge in [-0.05, 0) is 36.1 Å². The third kappa shape index (κ3) is 5.79. The number of pyridine rings is 1. The monoisotopic (exact) mass is 296 g/mol. The fraction of sp³-hybridized carbons (Fsp3) is 0.222. The molecular formula is C18H20N2O2. The number of hydrogen-bond acceptors (Lipinski definition) is 3. The van der Waals surface area contributed by atoms with Crippen molar-refractivity contribution in [3.8, 4) is 0 Å². The first kappa shape index (κ1) is 15.8. The summed E-state index contributed by atoms with van der Waals surface area (Å²) in [7, 11) is 0. The Morgan fingerprint density at radius 2 is 2.09 bits per heavy atom. The van der Waals surface area contributed by atoms with E-state index < -0.39 is 6.09 Å². The fourth-order valence-corrected chi connectivity index (χ4v) is 1.92. The van der Waals surface area contributed by atoms with Gasteiger partial charge in [0.05, 0.1) is 0 Å². The summed E-state index contributed by atoms with van der Waals surface area (Å²) >= 11 is 0. The zero-order valence-corrected chi connectivity index (χ0v) is 12.7. The molecule has 1 heterocycles. The van der Waals surface area contributed by atoms with Crippen LogP contribution in [0.4, 0.5) is 4.79 Å². The zero-order chi connectivity index (χ0) is 15.6. The second-order valence-corrected chi connectivity index (χ2v) is 4.98. The molecule has 0 spiro atoms. The molecule has 1 aromatic heterocycles. The highest BCUT2D eigenvalue weighted by Gasteiger charge is 2.00. The van der Waals surface area contributed by atoms with Gasteiger partial charge in [0.15, 0.2) is 0 Å². The Hall–Kier alpha value is -2.62. The summed E-state index contributed by atoms with van der Waals surface area (Å²) in [4.78, 5) is 15.7. The largest absolute Gasteiger partial charge is 0.445 e. The molecule has 0 aliphatic rings. The summed E-state index contributed by atoms with van der Waals surface area (Å²) in [6, 6.07) is 11.7. The number of amides is 1. The first-order valence-corrected chi connectivity index (χ1v) is 7.27. The summed E-state index contributed by atoms with van der Waals surface area (Å²) in [6.07, 6.45) is 7.99. The van der Waals surface area contributed by atoms with E-state index in [1.165, 1.54) is 0 Å². The van der Waals surface area contributed by atoms with Gasteiger partial charge in [-0.3, -0.25) is 4.98 Å². The van der Waals surface area contributed by atoms with Crippen LogP contribution in [0.1, 0.15) is 23.1 Å². The summed E-state index contributed by atoms with van der Waals surface area (Å²) in [5, 5.41) is 2.72. The Labute approximate surface area is 130 Å². The normalized spacial score (nSPS) is 10.6. The summed E-state index contributed by atoms with van der Waals surface area (Å²) < 4.78 is 5.12. The molecule has 0 radical (unpaired) electrons. The molecule has 0 saturated carbocycles. The van der Waals surface area contributed by atoms with Crippen molar-refractivity contribution in [1.29, 1.82) is 0 Å². The predicted octanol–water partition coefficient (Wildman–Crippen LogP) is 3.72. The number of nitrogens with one attached hydrogen (secondary N) is 1. The van der Waals surface area contributed by atoms with Gasteiger partial charge < -0.3 is 10.1 Å². The number of hydrogen-bond donors (Lipinski definition) is 1. The van der Waals surface area contributed by atoms with Crippen LogP contribution >= 0.6 is 0 Å². The molecule has 4 heteroatoms. The standard InChI is InChI=1S/C18H20N2O2/c1-15-11-17(13-19-12-15)9-5-6-10-20-18(21)22-14-16-7-3-2-4-8-16/h2-5,7-9,11-13H,6,10,14H2,1H3,(H,20,21). The Bertz CT molecular complexity index is 624. The Morgan fingerprint density at radius 3 is 2.86 bits per heavy atom. The van der Waals surface area contributed by atoms with Gasteiger partial charge in [-0.15, -0.1) is 0 Å². The summed E-state index contributed by atoms with van der Waals surface area (Å²) in [5.41, 5.74) is 3.17. The lowest BCUT2D eigenvalue weighted by atomic mass is 10.2. The summed E-state index contributed by atoms with van der Waals surface area (Å²) in [5.74, 6) is 0. The van der Waals surface area contributed by atoms with Gasteiger partial charge in [-0.2, -0.15) is 0 Å². The number of alkyl carbamates (subject to hydrolysis) is 1. The van der Waals surface area contributed by atoms with E-state index in [0.29, 0.717) is 6.54 Å². The predicted molar refractivity (Wildman–Crippen MR) is 87.3 cm³/mol. The lowest BCUT2D eigenvalue weighted by Gasteiger charge is -2.05. The maximum absolute atomic E-state index is 11.5. The average molecular weight is 296 g/mol. The van der Waals surface area contributed by atoms with Gasteiger partial charge in [0.25, 0.3) is 0 Å². The van der Waals surface area contributed by atoms with Crippen LogP contribution in [-0.4, -0.2) is 17.6 Å². The first-order chi connectivity index (χ1) is 10.7. The minimum absolute atomic E-state index is 0.289. The van der Waals surface area contributed by atoms with E-state index in [0.717, 1.165) is 23.1 Å². The Kier molecular flexibility index (Phi) is 6.18. The number of nitrogens with zero attached hydrogens (tertiary/aromatic N) is 1. The van der Waals surface area contributed by atoms with Crippen molar-refractivity contribution in [2.45, 2.75) is 20.0 Å². The number of benzene rings is 1. The maximum atomic E-state index is 11.5. The van der Waals surface area contributed by atoms with Gasteiger partial charge in [0.2, 0.25) is 0 Å². The highest BCUT2D eigenvalue weighted by atomic mass is 16.5. The molecule has 22 heavy (non-hydrogen) atoms. The van der Waals surface area contributed by atoms with E-state index >= 15 is 0 Å². The highest BCUT2D eigenvalue weighted by molar-refractivity contribution is 5.67. The van der Waals surface area contributed by atoms with Crippen molar-refractivity contribution >= 4 is 12.2 Å². The molecule has 0 fully saturated rings. The third-order valence-corrected chi connectivity index (χ3v) is 3.00. The molecule has 0 unspecified atom stereocenters. The van der Waals surface area contributed by atoms with E-state index in [2.05, 4.69) is 16.4 Å². The molecule has 2 aromatic rings. The van der Waals surface area contributed by atoms with E-state index in [1.807, 2.05) is 61.8 Å². The smallest absolute Gasteiger partial charge is 0.407 e. The second-order valence-electron chi connectivity index (χ2n) is 4.98. The van der Waals surface area contributed by atoms with E-state index in [1.54, 1.807) is 0 Å². The van der Waals surface area contributed by atoms with Gasteiger partial charge >= 0.3 is 6.09 Å². The molecule has 0 bridgehead atoms. The molecular weight excluding hydrogens is 276 g/mol. The molecule has 1 aromatic carbocycles. The minimum atomic E-state index is -0.394. The molecule has 0 aliphatic heterocycles. The minimum Gasteiger partial charge on any atom is -0.445 e. The van der Waals surface area contributed by atoms with Crippen LogP contribution in [0.2, 0.25) is 0 Å². The lowest BCUT2D eigenvalue weighted by Crippen LogP contribution is -2.24. The van der Waals surface area contributed by atoms with Gasteiger partial charge in [-0.25, -0.2) is 4.79 Å². The number of aryl methyl sites for hydroxylation is 1. The lowest BCUT2D eigenvalue weighted by molar-refractivity contribution is 0.140. The van der Waals surface area contributed by atoms with Crippen molar-refractivity contribution in [3.05, 3.63) is 71.6 Å². The Morgan fingerprint density at radius 1 is 1.27 bits per heavy atom. The third-order valence-electron chi connectivity index (χ3n) is 3.00. The second kappa shape index (κ2) is 8.62. The van der Waals surface area contributed by atoms with Crippen molar-refractivity contribution in [3.63, 3.8) is 0 Å². The van der Waals surface area contributed by atoms with Crippen molar-refractivity contribution in [2.24, 2.45) is 0 Å². The van der Waals surface area contributed by atoms with Crippen molar-refractivity contribution in [1.82, 2.24) is 10.3 Å². The van der Waals surface area contributed by atoms with Gasteiger partial charge in [0, 0.05) is 18.9 Å². The molecule has 2 rings (SSSR count). The van der Waals surface area contributed by atoms with E-state index in [9.17, 15) is 4.79 Å².